The third-order valence-corrected chi connectivity index (χ3v) is 3.18. The van der Waals surface area contributed by atoms with E-state index in [0.29, 0.717) is 6.20 Å². The van der Waals surface area contributed by atoms with Crippen molar-refractivity contribution in [3.8, 4) is 0 Å². The molecular formula is C15H9ClF6N2. The summed E-state index contributed by atoms with van der Waals surface area (Å²) in [6.45, 7) is 0. The summed E-state index contributed by atoms with van der Waals surface area (Å²) in [4.78, 5) is 3.57. The first-order valence-electron chi connectivity index (χ1n) is 6.40. The van der Waals surface area contributed by atoms with Crippen LogP contribution in [0.4, 0.5) is 32.0 Å². The predicted molar refractivity (Wildman–Crippen MR) is 78.3 cm³/mol. The van der Waals surface area contributed by atoms with Gasteiger partial charge < -0.3 is 5.32 Å². The van der Waals surface area contributed by atoms with Gasteiger partial charge in [0.1, 0.15) is 0 Å². The van der Waals surface area contributed by atoms with Crippen molar-refractivity contribution in [2.75, 3.05) is 5.32 Å². The lowest BCUT2D eigenvalue weighted by atomic mass is 10.2. The summed E-state index contributed by atoms with van der Waals surface area (Å²) < 4.78 is 75.2. The molecule has 0 aliphatic rings. The Bertz CT molecular complexity index is 752. The van der Waals surface area contributed by atoms with Crippen molar-refractivity contribution in [3.05, 3.63) is 64.6 Å². The Morgan fingerprint density at radius 1 is 0.958 bits per heavy atom. The molecule has 0 radical (unpaired) electrons. The van der Waals surface area contributed by atoms with Crippen molar-refractivity contribution < 1.29 is 26.3 Å². The number of anilines is 1. The zero-order valence-corrected chi connectivity index (χ0v) is 12.5. The smallest absolute Gasteiger partial charge is 0.362 e. The van der Waals surface area contributed by atoms with E-state index in [-0.39, 0.29) is 16.4 Å². The zero-order chi connectivity index (χ0) is 18.0. The van der Waals surface area contributed by atoms with Crippen LogP contribution in [0.3, 0.4) is 0 Å². The third-order valence-electron chi connectivity index (χ3n) is 2.88. The molecule has 0 saturated heterocycles. The lowest BCUT2D eigenvalue weighted by Crippen LogP contribution is -2.06. The van der Waals surface area contributed by atoms with E-state index in [1.165, 1.54) is 24.4 Å². The molecule has 0 aliphatic carbocycles. The van der Waals surface area contributed by atoms with Crippen molar-refractivity contribution in [2.45, 2.75) is 12.4 Å². The Kier molecular flexibility index (Phi) is 5.08. The maximum atomic E-state index is 12.6. The number of nitrogens with one attached hydrogen (secondary N) is 1. The van der Waals surface area contributed by atoms with Crippen LogP contribution in [-0.2, 0) is 12.4 Å². The standard InChI is InChI=1S/C15H9ClF6N2/c16-12-7-10(15(20,21)22)8-24-13(12)4-5-23-11-3-1-2-9(6-11)14(17,18)19/h1-8,23H/b5-4+. The Morgan fingerprint density at radius 2 is 1.62 bits per heavy atom. The average Bonchev–Trinajstić information content (AvgIpc) is 2.47. The topological polar surface area (TPSA) is 24.9 Å². The van der Waals surface area contributed by atoms with E-state index < -0.39 is 23.5 Å². The maximum absolute atomic E-state index is 12.6. The van der Waals surface area contributed by atoms with Gasteiger partial charge in [-0.3, -0.25) is 4.98 Å². The van der Waals surface area contributed by atoms with Crippen LogP contribution in [0.15, 0.2) is 42.7 Å². The van der Waals surface area contributed by atoms with Gasteiger partial charge in [-0.25, -0.2) is 0 Å². The Labute approximate surface area is 137 Å². The van der Waals surface area contributed by atoms with E-state index in [9.17, 15) is 26.3 Å². The van der Waals surface area contributed by atoms with Crippen LogP contribution < -0.4 is 5.32 Å². The van der Waals surface area contributed by atoms with Crippen LogP contribution in [0.1, 0.15) is 16.8 Å². The molecule has 2 nitrogen and oxygen atoms in total. The number of pyridine rings is 1. The molecule has 0 amide bonds. The van der Waals surface area contributed by atoms with Crippen molar-refractivity contribution in [3.63, 3.8) is 0 Å². The molecule has 1 aromatic heterocycles. The van der Waals surface area contributed by atoms with Gasteiger partial charge in [-0.1, -0.05) is 17.7 Å². The molecule has 9 heteroatoms. The second kappa shape index (κ2) is 6.72. The first-order chi connectivity index (χ1) is 11.1. The molecule has 0 bridgehead atoms. The number of hydrogen-bond acceptors (Lipinski definition) is 2. The Hall–Kier alpha value is -2.22. The van der Waals surface area contributed by atoms with Crippen molar-refractivity contribution in [2.24, 2.45) is 0 Å². The van der Waals surface area contributed by atoms with Crippen molar-refractivity contribution >= 4 is 23.4 Å². The fraction of sp³-hybridized carbons (Fsp3) is 0.133. The molecule has 0 aliphatic heterocycles. The van der Waals surface area contributed by atoms with Gasteiger partial charge in [0.2, 0.25) is 0 Å². The predicted octanol–water partition coefficient (Wildman–Crippen LogP) is 5.86. The van der Waals surface area contributed by atoms with Gasteiger partial charge in [0, 0.05) is 18.1 Å². The van der Waals surface area contributed by atoms with E-state index in [4.69, 9.17) is 11.6 Å². The second-order valence-electron chi connectivity index (χ2n) is 4.65. The Balaban J connectivity index is 2.13. The third kappa shape index (κ3) is 4.64. The van der Waals surface area contributed by atoms with E-state index in [1.54, 1.807) is 0 Å². The summed E-state index contributed by atoms with van der Waals surface area (Å²) in [5, 5.41) is 2.35. The van der Waals surface area contributed by atoms with E-state index in [1.807, 2.05) is 0 Å². The van der Waals surface area contributed by atoms with Crippen LogP contribution >= 0.6 is 11.6 Å². The highest BCUT2D eigenvalue weighted by Gasteiger charge is 2.31. The first-order valence-corrected chi connectivity index (χ1v) is 6.78. The number of halogens is 7. The van der Waals surface area contributed by atoms with Gasteiger partial charge in [0.15, 0.2) is 0 Å². The van der Waals surface area contributed by atoms with Crippen LogP contribution in [0.2, 0.25) is 5.02 Å². The van der Waals surface area contributed by atoms with Crippen molar-refractivity contribution in [1.82, 2.24) is 4.98 Å². The summed E-state index contributed by atoms with van der Waals surface area (Å²) in [7, 11) is 0. The van der Waals surface area contributed by atoms with Gasteiger partial charge in [0.05, 0.1) is 21.8 Å². The maximum Gasteiger partial charge on any atom is 0.417 e. The summed E-state index contributed by atoms with van der Waals surface area (Å²) in [5.41, 5.74) is -1.62. The van der Waals surface area contributed by atoms with Crippen LogP contribution in [0.25, 0.3) is 6.08 Å². The van der Waals surface area contributed by atoms with Gasteiger partial charge in [-0.2, -0.15) is 26.3 Å². The molecule has 2 aromatic rings. The molecule has 1 heterocycles. The zero-order valence-electron chi connectivity index (χ0n) is 11.7. The fourth-order valence-electron chi connectivity index (χ4n) is 1.73. The minimum absolute atomic E-state index is 0.0455. The molecule has 24 heavy (non-hydrogen) atoms. The number of benzene rings is 1. The quantitative estimate of drug-likeness (QED) is 0.689. The van der Waals surface area contributed by atoms with Gasteiger partial charge >= 0.3 is 12.4 Å². The molecule has 0 atom stereocenters. The minimum atomic E-state index is -4.56. The molecule has 128 valence electrons. The van der Waals surface area contributed by atoms with Crippen LogP contribution in [0.5, 0.6) is 0 Å². The molecule has 1 N–H and O–H groups in total. The second-order valence-corrected chi connectivity index (χ2v) is 5.05. The summed E-state index contributed by atoms with van der Waals surface area (Å²) in [6, 6.07) is 5.16. The van der Waals surface area contributed by atoms with Gasteiger partial charge in [0.25, 0.3) is 0 Å². The van der Waals surface area contributed by atoms with Gasteiger partial charge in [-0.15, -0.1) is 0 Å². The molecule has 2 rings (SSSR count). The highest BCUT2D eigenvalue weighted by atomic mass is 35.5. The number of hydrogen-bond donors (Lipinski definition) is 1. The molecule has 0 spiro atoms. The summed E-state index contributed by atoms with van der Waals surface area (Å²) in [6.07, 6.45) is -5.93. The number of aromatic nitrogens is 1. The molecule has 0 saturated carbocycles. The van der Waals surface area contributed by atoms with Crippen molar-refractivity contribution in [1.29, 1.82) is 0 Å². The largest absolute Gasteiger partial charge is 0.417 e. The normalized spacial score (nSPS) is 12.6. The summed E-state index contributed by atoms with van der Waals surface area (Å²) in [5.74, 6) is 0. The highest BCUT2D eigenvalue weighted by molar-refractivity contribution is 6.31. The first kappa shape index (κ1) is 18.1. The molecular weight excluding hydrogens is 358 g/mol. The Morgan fingerprint density at radius 3 is 2.21 bits per heavy atom. The van der Waals surface area contributed by atoms with E-state index in [2.05, 4.69) is 10.3 Å². The number of nitrogens with zero attached hydrogens (tertiary/aromatic N) is 1. The highest BCUT2D eigenvalue weighted by Crippen LogP contribution is 2.32. The summed E-state index contributed by atoms with van der Waals surface area (Å²) >= 11 is 5.71. The molecule has 0 unspecified atom stereocenters. The van der Waals surface area contributed by atoms with E-state index >= 15 is 0 Å². The van der Waals surface area contributed by atoms with Crippen LogP contribution in [0, 0.1) is 0 Å². The molecule has 1 aromatic carbocycles. The van der Waals surface area contributed by atoms with Crippen LogP contribution in [-0.4, -0.2) is 4.98 Å². The fourth-order valence-corrected chi connectivity index (χ4v) is 1.96. The molecule has 0 fully saturated rings. The number of alkyl halides is 6. The van der Waals surface area contributed by atoms with E-state index in [0.717, 1.165) is 18.2 Å². The monoisotopic (exact) mass is 366 g/mol. The average molecular weight is 367 g/mol. The lowest BCUT2D eigenvalue weighted by molar-refractivity contribution is -0.138. The SMILES string of the molecule is FC(F)(F)c1cccc(N/C=C/c2ncc(C(F)(F)F)cc2Cl)c1. The number of rotatable bonds is 3. The minimum Gasteiger partial charge on any atom is -0.362 e. The lowest BCUT2D eigenvalue weighted by Gasteiger charge is -2.09. The van der Waals surface area contributed by atoms with Gasteiger partial charge in [-0.05, 0) is 30.3 Å².